The zero-order chi connectivity index (χ0) is 19.7. The quantitative estimate of drug-likeness (QED) is 0.638. The normalized spacial score (nSPS) is 18.1. The third-order valence-corrected chi connectivity index (χ3v) is 4.64. The van der Waals surface area contributed by atoms with E-state index in [1.165, 1.54) is 24.3 Å². The number of amides is 2. The third kappa shape index (κ3) is 3.46. The van der Waals surface area contributed by atoms with Gasteiger partial charge in [-0.1, -0.05) is 0 Å². The Morgan fingerprint density at radius 1 is 1.11 bits per heavy atom. The molecule has 0 aromatic heterocycles. The summed E-state index contributed by atoms with van der Waals surface area (Å²) in [6.07, 6.45) is 0.174. The molecular weight excluding hydrogens is 366 g/mol. The minimum Gasteiger partial charge on any atom is -0.486 e. The smallest absolute Gasteiger partial charge is 0.269 e. The number of benzene rings is 2. The molecule has 9 heteroatoms. The highest BCUT2D eigenvalue weighted by Crippen LogP contribution is 2.35. The molecule has 2 aromatic rings. The number of nitrogens with one attached hydrogen (secondary N) is 1. The molecule has 1 fully saturated rings. The van der Waals surface area contributed by atoms with Crippen molar-refractivity contribution in [3.05, 3.63) is 58.1 Å². The van der Waals surface area contributed by atoms with Gasteiger partial charge >= 0.3 is 0 Å². The Bertz CT molecular complexity index is 943. The maximum Gasteiger partial charge on any atom is 0.269 e. The Hall–Kier alpha value is -3.62. The molecule has 144 valence electrons. The lowest BCUT2D eigenvalue weighted by Gasteiger charge is -2.22. The van der Waals surface area contributed by atoms with Crippen LogP contribution in [-0.2, 0) is 4.79 Å². The summed E-state index contributed by atoms with van der Waals surface area (Å²) >= 11 is 0. The summed E-state index contributed by atoms with van der Waals surface area (Å²) in [5, 5.41) is 13.5. The Morgan fingerprint density at radius 2 is 1.82 bits per heavy atom. The van der Waals surface area contributed by atoms with Crippen molar-refractivity contribution in [2.75, 3.05) is 24.7 Å². The molecule has 9 nitrogen and oxygen atoms in total. The number of hydrogen-bond donors (Lipinski definition) is 1. The van der Waals surface area contributed by atoms with Crippen LogP contribution in [0.3, 0.4) is 0 Å². The zero-order valence-electron chi connectivity index (χ0n) is 14.8. The maximum absolute atomic E-state index is 12.4. The number of nitrogens with zero attached hydrogens (tertiary/aromatic N) is 2. The molecule has 0 aliphatic carbocycles. The van der Waals surface area contributed by atoms with Gasteiger partial charge in [-0.2, -0.15) is 0 Å². The minimum absolute atomic E-state index is 0.0858. The van der Waals surface area contributed by atoms with Gasteiger partial charge in [0.15, 0.2) is 11.5 Å². The highest BCUT2D eigenvalue weighted by molar-refractivity contribution is 5.99. The van der Waals surface area contributed by atoms with Crippen molar-refractivity contribution >= 4 is 23.2 Å². The first kappa shape index (κ1) is 17.8. The van der Waals surface area contributed by atoms with Crippen molar-refractivity contribution in [2.45, 2.75) is 12.5 Å². The number of carbonyl (C=O) groups is 2. The Labute approximate surface area is 160 Å². The van der Waals surface area contributed by atoms with E-state index in [0.29, 0.717) is 42.5 Å². The molecule has 2 aliphatic rings. The minimum atomic E-state index is -0.525. The molecule has 2 aliphatic heterocycles. The summed E-state index contributed by atoms with van der Waals surface area (Å²) in [7, 11) is 0. The average Bonchev–Trinajstić information content (AvgIpc) is 3.07. The van der Waals surface area contributed by atoms with Crippen molar-refractivity contribution in [1.82, 2.24) is 5.32 Å². The summed E-state index contributed by atoms with van der Waals surface area (Å²) in [5.41, 5.74) is 0.898. The Morgan fingerprint density at radius 3 is 2.54 bits per heavy atom. The van der Waals surface area contributed by atoms with Crippen molar-refractivity contribution in [3.8, 4) is 11.5 Å². The molecular formula is C19H17N3O6. The van der Waals surface area contributed by atoms with Crippen LogP contribution in [0.25, 0.3) is 0 Å². The molecule has 0 spiro atoms. The highest BCUT2D eigenvalue weighted by atomic mass is 16.6. The summed E-state index contributed by atoms with van der Waals surface area (Å²) in [4.78, 5) is 36.6. The van der Waals surface area contributed by atoms with Gasteiger partial charge in [-0.05, 0) is 24.3 Å². The van der Waals surface area contributed by atoms with Crippen LogP contribution in [0, 0.1) is 10.1 Å². The molecule has 2 amide bonds. The number of nitro benzene ring substituents is 1. The molecule has 1 atom stereocenters. The Balaban J connectivity index is 1.43. The number of nitro groups is 1. The lowest BCUT2D eigenvalue weighted by molar-refractivity contribution is -0.384. The average molecular weight is 383 g/mol. The van der Waals surface area contributed by atoms with Gasteiger partial charge in [-0.3, -0.25) is 19.7 Å². The fraction of sp³-hybridized carbons (Fsp3) is 0.263. The van der Waals surface area contributed by atoms with E-state index in [0.717, 1.165) is 0 Å². The van der Waals surface area contributed by atoms with Crippen LogP contribution in [-0.4, -0.2) is 42.5 Å². The number of ether oxygens (including phenoxy) is 2. The van der Waals surface area contributed by atoms with Gasteiger partial charge in [-0.15, -0.1) is 0 Å². The van der Waals surface area contributed by atoms with E-state index < -0.39 is 4.92 Å². The van der Waals surface area contributed by atoms with E-state index in [4.69, 9.17) is 9.47 Å². The summed E-state index contributed by atoms with van der Waals surface area (Å²) in [6, 6.07) is 10.3. The second-order valence-corrected chi connectivity index (χ2v) is 6.51. The number of non-ortho nitro benzene ring substituents is 1. The van der Waals surface area contributed by atoms with Gasteiger partial charge in [0.25, 0.3) is 11.6 Å². The van der Waals surface area contributed by atoms with Crippen LogP contribution < -0.4 is 19.7 Å². The van der Waals surface area contributed by atoms with E-state index in [1.807, 2.05) is 0 Å². The zero-order valence-corrected chi connectivity index (χ0v) is 14.8. The summed E-state index contributed by atoms with van der Waals surface area (Å²) < 4.78 is 11.0. The summed E-state index contributed by atoms with van der Waals surface area (Å²) in [5.74, 6) is 0.752. The highest BCUT2D eigenvalue weighted by Gasteiger charge is 2.32. The van der Waals surface area contributed by atoms with E-state index in [1.54, 1.807) is 23.1 Å². The molecule has 28 heavy (non-hydrogen) atoms. The number of rotatable bonds is 4. The molecule has 2 heterocycles. The van der Waals surface area contributed by atoms with Crippen LogP contribution in [0.2, 0.25) is 0 Å². The molecule has 1 saturated heterocycles. The molecule has 1 N–H and O–H groups in total. The molecule has 2 aromatic carbocycles. The van der Waals surface area contributed by atoms with Crippen LogP contribution in [0.5, 0.6) is 11.5 Å². The third-order valence-electron chi connectivity index (χ3n) is 4.64. The summed E-state index contributed by atoms with van der Waals surface area (Å²) in [6.45, 7) is 1.28. The molecule has 0 saturated carbocycles. The van der Waals surface area contributed by atoms with Gasteiger partial charge < -0.3 is 19.7 Å². The standard InChI is InChI=1S/C19H17N3O6/c23-18-9-13(20-19(24)12-1-3-14(4-2-12)22(25)26)11-21(18)15-5-6-16-17(10-15)28-8-7-27-16/h1-6,10,13H,7-9,11H2,(H,20,24)/t13-/m0/s1. The lowest BCUT2D eigenvalue weighted by atomic mass is 10.1. The number of fused-ring (bicyclic) bond motifs is 1. The number of hydrogen-bond acceptors (Lipinski definition) is 6. The maximum atomic E-state index is 12.4. The van der Waals surface area contributed by atoms with Gasteiger partial charge in [0.05, 0.1) is 11.0 Å². The van der Waals surface area contributed by atoms with Gasteiger partial charge in [0.2, 0.25) is 5.91 Å². The van der Waals surface area contributed by atoms with E-state index in [2.05, 4.69) is 5.32 Å². The van der Waals surface area contributed by atoms with Gasteiger partial charge in [0, 0.05) is 42.4 Å². The first-order valence-electron chi connectivity index (χ1n) is 8.76. The van der Waals surface area contributed by atoms with Crippen molar-refractivity contribution < 1.29 is 24.0 Å². The fourth-order valence-electron chi connectivity index (χ4n) is 3.26. The van der Waals surface area contributed by atoms with Crippen molar-refractivity contribution in [1.29, 1.82) is 0 Å². The van der Waals surface area contributed by atoms with Crippen LogP contribution >= 0.6 is 0 Å². The predicted octanol–water partition coefficient (Wildman–Crippen LogP) is 1.90. The molecule has 0 radical (unpaired) electrons. The largest absolute Gasteiger partial charge is 0.486 e. The van der Waals surface area contributed by atoms with Gasteiger partial charge in [0.1, 0.15) is 13.2 Å². The molecule has 0 bridgehead atoms. The van der Waals surface area contributed by atoms with Gasteiger partial charge in [-0.25, -0.2) is 0 Å². The van der Waals surface area contributed by atoms with E-state index in [9.17, 15) is 19.7 Å². The van der Waals surface area contributed by atoms with Crippen LogP contribution in [0.1, 0.15) is 16.8 Å². The first-order valence-corrected chi connectivity index (χ1v) is 8.76. The van der Waals surface area contributed by atoms with Crippen molar-refractivity contribution in [3.63, 3.8) is 0 Å². The molecule has 4 rings (SSSR count). The SMILES string of the molecule is O=C(N[C@H]1CC(=O)N(c2ccc3c(c2)OCCO3)C1)c1ccc([N+](=O)[O-])cc1. The van der Waals surface area contributed by atoms with Crippen LogP contribution in [0.15, 0.2) is 42.5 Å². The predicted molar refractivity (Wildman–Crippen MR) is 98.8 cm³/mol. The van der Waals surface area contributed by atoms with Crippen molar-refractivity contribution in [2.24, 2.45) is 0 Å². The second-order valence-electron chi connectivity index (χ2n) is 6.51. The second kappa shape index (κ2) is 7.18. The topological polar surface area (TPSA) is 111 Å². The lowest BCUT2D eigenvalue weighted by Crippen LogP contribution is -2.37. The van der Waals surface area contributed by atoms with E-state index in [-0.39, 0.29) is 30.0 Å². The Kier molecular flexibility index (Phi) is 4.56. The molecule has 0 unspecified atom stereocenters. The van der Waals surface area contributed by atoms with Crippen LogP contribution in [0.4, 0.5) is 11.4 Å². The van der Waals surface area contributed by atoms with E-state index >= 15 is 0 Å². The first-order chi connectivity index (χ1) is 13.5. The number of anilines is 1. The number of carbonyl (C=O) groups excluding carboxylic acids is 2. The fourth-order valence-corrected chi connectivity index (χ4v) is 3.26. The monoisotopic (exact) mass is 383 g/mol.